The lowest BCUT2D eigenvalue weighted by Crippen LogP contribution is -2.30. The molecule has 1 aromatic heterocycles. The Hall–Kier alpha value is -1.25. The maximum atomic E-state index is 5.61. The summed E-state index contributed by atoms with van der Waals surface area (Å²) in [5, 5.41) is 3.46. The molecule has 3 N–H and O–H groups in total. The van der Waals surface area contributed by atoms with Gasteiger partial charge in [-0.1, -0.05) is 6.42 Å². The quantitative estimate of drug-likeness (QED) is 0.770. The van der Waals surface area contributed by atoms with Crippen LogP contribution in [-0.4, -0.2) is 11.0 Å². The van der Waals surface area contributed by atoms with Gasteiger partial charge in [-0.05, 0) is 31.7 Å². The summed E-state index contributed by atoms with van der Waals surface area (Å²) in [6.07, 6.45) is 5.84. The second-order valence-electron chi connectivity index (χ2n) is 4.09. The summed E-state index contributed by atoms with van der Waals surface area (Å²) in [7, 11) is 0. The minimum absolute atomic E-state index is 0.547. The molecule has 0 saturated heterocycles. The number of nitrogens with zero attached hydrogens (tertiary/aromatic N) is 1. The van der Waals surface area contributed by atoms with Crippen LogP contribution in [-0.2, 0) is 0 Å². The van der Waals surface area contributed by atoms with Gasteiger partial charge in [-0.3, -0.25) is 0 Å². The second kappa shape index (κ2) is 3.86. The van der Waals surface area contributed by atoms with Crippen molar-refractivity contribution in [3.8, 4) is 0 Å². The van der Waals surface area contributed by atoms with Crippen molar-refractivity contribution in [3.63, 3.8) is 0 Å². The van der Waals surface area contributed by atoms with E-state index in [9.17, 15) is 0 Å². The van der Waals surface area contributed by atoms with Gasteiger partial charge in [0, 0.05) is 24.0 Å². The van der Waals surface area contributed by atoms with Crippen LogP contribution in [0, 0.1) is 5.92 Å². The molecule has 0 bridgehead atoms. The normalized spacial score (nSPS) is 18.6. The Bertz CT molecular complexity index is 307. The number of nitrogen functional groups attached to an aromatic ring is 1. The molecule has 76 valence electrons. The fourth-order valence-electron chi connectivity index (χ4n) is 1.86. The average Bonchev–Trinajstić information content (AvgIpc) is 1.99. The number of rotatable bonds is 3. The molecule has 1 atom stereocenters. The van der Waals surface area contributed by atoms with E-state index in [1.807, 2.05) is 12.1 Å². The molecule has 1 saturated carbocycles. The van der Waals surface area contributed by atoms with E-state index in [2.05, 4.69) is 17.2 Å². The van der Waals surface area contributed by atoms with Crippen LogP contribution < -0.4 is 11.1 Å². The third-order valence-corrected chi connectivity index (χ3v) is 3.03. The van der Waals surface area contributed by atoms with E-state index in [1.54, 1.807) is 6.20 Å². The number of nitrogens with two attached hydrogens (primary N) is 1. The van der Waals surface area contributed by atoms with Gasteiger partial charge in [0.1, 0.15) is 5.82 Å². The highest BCUT2D eigenvalue weighted by Gasteiger charge is 2.23. The maximum Gasteiger partial charge on any atom is 0.125 e. The lowest BCUT2D eigenvalue weighted by molar-refractivity contribution is 0.285. The fraction of sp³-hybridized carbons (Fsp3) is 0.545. The Labute approximate surface area is 84.7 Å². The summed E-state index contributed by atoms with van der Waals surface area (Å²) in [6, 6.07) is 4.39. The predicted octanol–water partition coefficient (Wildman–Crippen LogP) is 2.26. The molecule has 0 amide bonds. The Morgan fingerprint density at radius 3 is 2.93 bits per heavy atom. The van der Waals surface area contributed by atoms with Crippen LogP contribution in [0.3, 0.4) is 0 Å². The first kappa shape index (κ1) is 9.31. The fourth-order valence-corrected chi connectivity index (χ4v) is 1.86. The molecule has 14 heavy (non-hydrogen) atoms. The summed E-state index contributed by atoms with van der Waals surface area (Å²) >= 11 is 0. The molecular formula is C11H17N3. The van der Waals surface area contributed by atoms with E-state index in [0.29, 0.717) is 11.9 Å². The van der Waals surface area contributed by atoms with Crippen molar-refractivity contribution >= 4 is 11.5 Å². The lowest BCUT2D eigenvalue weighted by Gasteiger charge is -2.32. The standard InChI is InChI=1S/C11H17N3/c1-8(9-3-2-4-9)14-10-5-6-13-11(12)7-10/h5-9H,2-4H2,1H3,(H3,12,13,14). The van der Waals surface area contributed by atoms with Gasteiger partial charge in [-0.2, -0.15) is 0 Å². The SMILES string of the molecule is CC(Nc1ccnc(N)c1)C1CCC1. The molecular weight excluding hydrogens is 174 g/mol. The molecule has 0 aromatic carbocycles. The summed E-state index contributed by atoms with van der Waals surface area (Å²) < 4.78 is 0. The van der Waals surface area contributed by atoms with Gasteiger partial charge in [0.25, 0.3) is 0 Å². The number of nitrogens with one attached hydrogen (secondary N) is 1. The number of anilines is 2. The van der Waals surface area contributed by atoms with Crippen LogP contribution in [0.4, 0.5) is 11.5 Å². The van der Waals surface area contributed by atoms with Gasteiger partial charge in [-0.15, -0.1) is 0 Å². The Morgan fingerprint density at radius 2 is 2.36 bits per heavy atom. The number of aromatic nitrogens is 1. The average molecular weight is 191 g/mol. The maximum absolute atomic E-state index is 5.61. The third kappa shape index (κ3) is 1.97. The zero-order valence-electron chi connectivity index (χ0n) is 8.53. The number of hydrogen-bond acceptors (Lipinski definition) is 3. The smallest absolute Gasteiger partial charge is 0.125 e. The van der Waals surface area contributed by atoms with Crippen LogP contribution in [0.1, 0.15) is 26.2 Å². The van der Waals surface area contributed by atoms with E-state index in [0.717, 1.165) is 11.6 Å². The summed E-state index contributed by atoms with van der Waals surface area (Å²) in [5.74, 6) is 1.42. The van der Waals surface area contributed by atoms with Crippen LogP contribution in [0.25, 0.3) is 0 Å². The van der Waals surface area contributed by atoms with E-state index < -0.39 is 0 Å². The van der Waals surface area contributed by atoms with Crippen molar-refractivity contribution in [2.75, 3.05) is 11.1 Å². The zero-order valence-corrected chi connectivity index (χ0v) is 8.53. The molecule has 0 radical (unpaired) electrons. The van der Waals surface area contributed by atoms with Gasteiger partial charge in [0.15, 0.2) is 0 Å². The zero-order chi connectivity index (χ0) is 9.97. The number of hydrogen-bond donors (Lipinski definition) is 2. The molecule has 3 nitrogen and oxygen atoms in total. The van der Waals surface area contributed by atoms with Gasteiger partial charge >= 0.3 is 0 Å². The van der Waals surface area contributed by atoms with Gasteiger partial charge in [-0.25, -0.2) is 4.98 Å². The second-order valence-corrected chi connectivity index (χ2v) is 4.09. The summed E-state index contributed by atoms with van der Waals surface area (Å²) in [4.78, 5) is 3.96. The number of pyridine rings is 1. The van der Waals surface area contributed by atoms with Crippen molar-refractivity contribution in [2.24, 2.45) is 5.92 Å². The monoisotopic (exact) mass is 191 g/mol. The molecule has 0 aliphatic heterocycles. The van der Waals surface area contributed by atoms with Crippen molar-refractivity contribution in [1.29, 1.82) is 0 Å². The van der Waals surface area contributed by atoms with Gasteiger partial charge in [0.2, 0.25) is 0 Å². The molecule has 1 heterocycles. The Kier molecular flexibility index (Phi) is 2.57. The van der Waals surface area contributed by atoms with Crippen molar-refractivity contribution in [3.05, 3.63) is 18.3 Å². The topological polar surface area (TPSA) is 50.9 Å². The molecule has 1 fully saturated rings. The van der Waals surface area contributed by atoms with Crippen molar-refractivity contribution in [1.82, 2.24) is 4.98 Å². The van der Waals surface area contributed by atoms with E-state index in [-0.39, 0.29) is 0 Å². The van der Waals surface area contributed by atoms with E-state index in [1.165, 1.54) is 19.3 Å². The van der Waals surface area contributed by atoms with Gasteiger partial charge in [0.05, 0.1) is 0 Å². The molecule has 1 unspecified atom stereocenters. The highest BCUT2D eigenvalue weighted by molar-refractivity contribution is 5.50. The van der Waals surface area contributed by atoms with Crippen molar-refractivity contribution in [2.45, 2.75) is 32.2 Å². The predicted molar refractivity (Wildman–Crippen MR) is 59.1 cm³/mol. The van der Waals surface area contributed by atoms with Crippen LogP contribution in [0.5, 0.6) is 0 Å². The van der Waals surface area contributed by atoms with Crippen LogP contribution in [0.2, 0.25) is 0 Å². The Morgan fingerprint density at radius 1 is 1.57 bits per heavy atom. The highest BCUT2D eigenvalue weighted by Crippen LogP contribution is 2.30. The first-order valence-electron chi connectivity index (χ1n) is 5.24. The van der Waals surface area contributed by atoms with Crippen LogP contribution >= 0.6 is 0 Å². The first-order valence-corrected chi connectivity index (χ1v) is 5.24. The molecule has 1 aliphatic rings. The minimum atomic E-state index is 0.547. The Balaban J connectivity index is 1.95. The van der Waals surface area contributed by atoms with Crippen LogP contribution in [0.15, 0.2) is 18.3 Å². The van der Waals surface area contributed by atoms with E-state index in [4.69, 9.17) is 5.73 Å². The minimum Gasteiger partial charge on any atom is -0.384 e. The molecule has 3 heteroatoms. The molecule has 1 aromatic rings. The third-order valence-electron chi connectivity index (χ3n) is 3.03. The molecule has 0 spiro atoms. The molecule has 1 aliphatic carbocycles. The highest BCUT2D eigenvalue weighted by atomic mass is 14.9. The summed E-state index contributed by atoms with van der Waals surface area (Å²) in [6.45, 7) is 2.24. The lowest BCUT2D eigenvalue weighted by atomic mass is 9.80. The molecule has 2 rings (SSSR count). The van der Waals surface area contributed by atoms with E-state index >= 15 is 0 Å². The summed E-state index contributed by atoms with van der Waals surface area (Å²) in [5.41, 5.74) is 6.69. The van der Waals surface area contributed by atoms with Gasteiger partial charge < -0.3 is 11.1 Å². The van der Waals surface area contributed by atoms with Crippen molar-refractivity contribution < 1.29 is 0 Å². The largest absolute Gasteiger partial charge is 0.384 e. The first-order chi connectivity index (χ1) is 6.75.